The summed E-state index contributed by atoms with van der Waals surface area (Å²) in [6.07, 6.45) is 4.67. The van der Waals surface area contributed by atoms with Crippen LogP contribution in [-0.2, 0) is 12.8 Å². The van der Waals surface area contributed by atoms with E-state index in [0.717, 1.165) is 42.5 Å². The van der Waals surface area contributed by atoms with E-state index in [4.69, 9.17) is 4.74 Å². The zero-order chi connectivity index (χ0) is 22.3. The Kier molecular flexibility index (Phi) is 7.07. The predicted molar refractivity (Wildman–Crippen MR) is 131 cm³/mol. The van der Waals surface area contributed by atoms with Gasteiger partial charge in [-0.3, -0.25) is 0 Å². The lowest BCUT2D eigenvalue weighted by Crippen LogP contribution is -2.22. The van der Waals surface area contributed by atoms with Crippen LogP contribution < -0.4 is 15.4 Å². The van der Waals surface area contributed by atoms with Crippen LogP contribution in [0.1, 0.15) is 24.0 Å². The Morgan fingerprint density at radius 1 is 0.906 bits per heavy atom. The number of ether oxygens (including phenoxy) is 1. The topological polar surface area (TPSA) is 53.6 Å². The summed E-state index contributed by atoms with van der Waals surface area (Å²) in [5, 5.41) is 5.84. The maximum atomic E-state index is 12.5. The largest absolute Gasteiger partial charge is 0.457 e. The molecule has 32 heavy (non-hydrogen) atoms. The van der Waals surface area contributed by atoms with Crippen molar-refractivity contribution in [2.75, 3.05) is 31.3 Å². The summed E-state index contributed by atoms with van der Waals surface area (Å²) in [6.45, 7) is 1.14. The SMILES string of the molecule is CN(C)CCC1CCc2cc(NC(=O)Nc3ccc(Oc4ccccc4)cc3)ccc2C1. The van der Waals surface area contributed by atoms with E-state index >= 15 is 0 Å². The van der Waals surface area contributed by atoms with Crippen LogP contribution in [-0.4, -0.2) is 31.6 Å². The number of urea groups is 1. The number of fused-ring (bicyclic) bond motifs is 1. The molecule has 0 heterocycles. The van der Waals surface area contributed by atoms with Crippen molar-refractivity contribution in [2.45, 2.75) is 25.7 Å². The number of hydrogen-bond donors (Lipinski definition) is 2. The lowest BCUT2D eigenvalue weighted by atomic mass is 9.82. The molecule has 1 aliphatic rings. The third-order valence-corrected chi connectivity index (χ3v) is 5.87. The lowest BCUT2D eigenvalue weighted by Gasteiger charge is -2.26. The van der Waals surface area contributed by atoms with E-state index in [-0.39, 0.29) is 6.03 Å². The zero-order valence-corrected chi connectivity index (χ0v) is 18.8. The van der Waals surface area contributed by atoms with Gasteiger partial charge in [-0.15, -0.1) is 0 Å². The van der Waals surface area contributed by atoms with Gasteiger partial charge in [0.15, 0.2) is 0 Å². The van der Waals surface area contributed by atoms with Crippen molar-refractivity contribution in [2.24, 2.45) is 5.92 Å². The Morgan fingerprint density at radius 3 is 2.34 bits per heavy atom. The highest BCUT2D eigenvalue weighted by atomic mass is 16.5. The number of para-hydroxylation sites is 1. The normalized spacial score (nSPS) is 15.2. The van der Waals surface area contributed by atoms with E-state index in [9.17, 15) is 4.79 Å². The van der Waals surface area contributed by atoms with E-state index in [0.29, 0.717) is 5.69 Å². The van der Waals surface area contributed by atoms with Crippen molar-refractivity contribution >= 4 is 17.4 Å². The van der Waals surface area contributed by atoms with Gasteiger partial charge in [0.2, 0.25) is 0 Å². The predicted octanol–water partition coefficient (Wildman–Crippen LogP) is 6.18. The van der Waals surface area contributed by atoms with E-state index < -0.39 is 0 Å². The molecule has 2 amide bonds. The number of hydrogen-bond acceptors (Lipinski definition) is 3. The molecule has 5 nitrogen and oxygen atoms in total. The fourth-order valence-electron chi connectivity index (χ4n) is 4.12. The first-order valence-corrected chi connectivity index (χ1v) is 11.2. The third kappa shape index (κ3) is 6.11. The van der Waals surface area contributed by atoms with Gasteiger partial charge in [0.25, 0.3) is 0 Å². The van der Waals surface area contributed by atoms with Crippen molar-refractivity contribution in [3.05, 3.63) is 83.9 Å². The first-order valence-electron chi connectivity index (χ1n) is 11.2. The van der Waals surface area contributed by atoms with Gasteiger partial charge < -0.3 is 20.3 Å². The smallest absolute Gasteiger partial charge is 0.323 e. The number of nitrogens with zero attached hydrogens (tertiary/aromatic N) is 1. The van der Waals surface area contributed by atoms with Gasteiger partial charge in [0.1, 0.15) is 11.5 Å². The van der Waals surface area contributed by atoms with Crippen LogP contribution in [0.4, 0.5) is 16.2 Å². The standard InChI is InChI=1S/C27H31N3O2/c1-30(2)17-16-20-8-9-22-19-24(11-10-21(22)18-20)29-27(31)28-23-12-14-26(15-13-23)32-25-6-4-3-5-7-25/h3-7,10-15,19-20H,8-9,16-18H2,1-2H3,(H2,28,29,31). The number of aryl methyl sites for hydroxylation is 1. The Bertz CT molecular complexity index is 1030. The van der Waals surface area contributed by atoms with E-state index in [1.807, 2.05) is 60.7 Å². The molecular weight excluding hydrogens is 398 g/mol. The lowest BCUT2D eigenvalue weighted by molar-refractivity contribution is 0.262. The molecule has 0 fully saturated rings. The summed E-state index contributed by atoms with van der Waals surface area (Å²) in [6, 6.07) is 23.0. The Morgan fingerprint density at radius 2 is 1.59 bits per heavy atom. The monoisotopic (exact) mass is 429 g/mol. The molecule has 0 bridgehead atoms. The average Bonchev–Trinajstić information content (AvgIpc) is 2.79. The number of carbonyl (C=O) groups is 1. The molecule has 3 aromatic carbocycles. The minimum Gasteiger partial charge on any atom is -0.457 e. The minimum atomic E-state index is -0.249. The zero-order valence-electron chi connectivity index (χ0n) is 18.8. The fraction of sp³-hybridized carbons (Fsp3) is 0.296. The number of amides is 2. The van der Waals surface area contributed by atoms with Crippen LogP contribution in [0.25, 0.3) is 0 Å². The van der Waals surface area contributed by atoms with Crippen LogP contribution in [0.2, 0.25) is 0 Å². The molecule has 3 aromatic rings. The molecular formula is C27H31N3O2. The van der Waals surface area contributed by atoms with Crippen LogP contribution >= 0.6 is 0 Å². The second-order valence-corrected chi connectivity index (χ2v) is 8.70. The van der Waals surface area contributed by atoms with Crippen molar-refractivity contribution < 1.29 is 9.53 Å². The summed E-state index contributed by atoms with van der Waals surface area (Å²) in [5.41, 5.74) is 4.31. The number of benzene rings is 3. The molecule has 0 aromatic heterocycles. The highest BCUT2D eigenvalue weighted by molar-refractivity contribution is 5.99. The number of carbonyl (C=O) groups excluding carboxylic acids is 1. The first-order chi connectivity index (χ1) is 15.5. The summed E-state index contributed by atoms with van der Waals surface area (Å²) in [5.74, 6) is 2.25. The van der Waals surface area contributed by atoms with Gasteiger partial charge in [-0.25, -0.2) is 4.79 Å². The quantitative estimate of drug-likeness (QED) is 0.471. The molecule has 166 valence electrons. The van der Waals surface area contributed by atoms with E-state index in [1.54, 1.807) is 0 Å². The van der Waals surface area contributed by atoms with Gasteiger partial charge in [-0.05, 0) is 112 Å². The average molecular weight is 430 g/mol. The molecule has 1 unspecified atom stereocenters. The van der Waals surface area contributed by atoms with Crippen LogP contribution in [0.15, 0.2) is 72.8 Å². The molecule has 0 saturated heterocycles. The second kappa shape index (κ2) is 10.3. The highest BCUT2D eigenvalue weighted by Crippen LogP contribution is 2.30. The van der Waals surface area contributed by atoms with Gasteiger partial charge in [-0.1, -0.05) is 24.3 Å². The van der Waals surface area contributed by atoms with Crippen molar-refractivity contribution in [1.82, 2.24) is 4.90 Å². The maximum absolute atomic E-state index is 12.5. The van der Waals surface area contributed by atoms with Crippen LogP contribution in [0.5, 0.6) is 11.5 Å². The van der Waals surface area contributed by atoms with Crippen molar-refractivity contribution in [1.29, 1.82) is 0 Å². The first kappa shape index (κ1) is 21.9. The van der Waals surface area contributed by atoms with Crippen LogP contribution in [0.3, 0.4) is 0 Å². The van der Waals surface area contributed by atoms with Gasteiger partial charge in [0, 0.05) is 11.4 Å². The molecule has 1 aliphatic carbocycles. The molecule has 2 N–H and O–H groups in total. The summed E-state index contributed by atoms with van der Waals surface area (Å²) in [7, 11) is 4.26. The highest BCUT2D eigenvalue weighted by Gasteiger charge is 2.19. The Labute approximate surface area is 190 Å². The van der Waals surface area contributed by atoms with E-state index in [2.05, 4.69) is 41.8 Å². The third-order valence-electron chi connectivity index (χ3n) is 5.87. The Balaban J connectivity index is 1.30. The molecule has 4 rings (SSSR count). The van der Waals surface area contributed by atoms with Crippen molar-refractivity contribution in [3.8, 4) is 11.5 Å². The minimum absolute atomic E-state index is 0.249. The van der Waals surface area contributed by atoms with Crippen molar-refractivity contribution in [3.63, 3.8) is 0 Å². The van der Waals surface area contributed by atoms with Gasteiger partial charge in [-0.2, -0.15) is 0 Å². The number of rotatable bonds is 7. The Hall–Kier alpha value is -3.31. The fourth-order valence-corrected chi connectivity index (χ4v) is 4.12. The summed E-state index contributed by atoms with van der Waals surface area (Å²) >= 11 is 0. The molecule has 0 saturated carbocycles. The summed E-state index contributed by atoms with van der Waals surface area (Å²) in [4.78, 5) is 14.7. The van der Waals surface area contributed by atoms with E-state index in [1.165, 1.54) is 24.0 Å². The van der Waals surface area contributed by atoms with Crippen LogP contribution in [0, 0.1) is 5.92 Å². The molecule has 0 spiro atoms. The maximum Gasteiger partial charge on any atom is 0.323 e. The molecule has 1 atom stereocenters. The van der Waals surface area contributed by atoms with Gasteiger partial charge in [0.05, 0.1) is 0 Å². The second-order valence-electron chi connectivity index (χ2n) is 8.70. The van der Waals surface area contributed by atoms with Gasteiger partial charge >= 0.3 is 6.03 Å². The summed E-state index contributed by atoms with van der Waals surface area (Å²) < 4.78 is 5.79. The molecule has 5 heteroatoms. The number of nitrogens with one attached hydrogen (secondary N) is 2. The molecule has 0 aliphatic heterocycles. The molecule has 0 radical (unpaired) electrons. The number of anilines is 2.